The predicted octanol–water partition coefficient (Wildman–Crippen LogP) is 4.19. The maximum Gasteiger partial charge on any atom is 0.353 e. The summed E-state index contributed by atoms with van der Waals surface area (Å²) in [6.45, 7) is 1.91. The second-order valence-corrected chi connectivity index (χ2v) is 5.44. The molecule has 0 atom stereocenters. The number of aryl methyl sites for hydroxylation is 1. The van der Waals surface area contributed by atoms with Crippen LogP contribution in [0.5, 0.6) is 5.75 Å². The van der Waals surface area contributed by atoms with Crippen molar-refractivity contribution in [3.63, 3.8) is 0 Å². The second-order valence-electron chi connectivity index (χ2n) is 5.44. The number of para-hydroxylation sites is 3. The summed E-state index contributed by atoms with van der Waals surface area (Å²) in [6.07, 6.45) is 1.27. The monoisotopic (exact) mass is 351 g/mol. The van der Waals surface area contributed by atoms with Crippen molar-refractivity contribution in [1.29, 1.82) is 0 Å². The average molecular weight is 351 g/mol. The van der Waals surface area contributed by atoms with Crippen LogP contribution in [0.25, 0.3) is 0 Å². The van der Waals surface area contributed by atoms with Crippen molar-refractivity contribution in [3.8, 4) is 5.75 Å². The Labute approximate surface area is 150 Å². The number of nitrogens with zero attached hydrogens (tertiary/aromatic N) is 3. The number of methoxy groups -OCH3 is 1. The Morgan fingerprint density at radius 2 is 1.54 bits per heavy atom. The van der Waals surface area contributed by atoms with Gasteiger partial charge in [-0.25, -0.2) is 9.97 Å². The Balaban J connectivity index is 2.01. The third-order valence-corrected chi connectivity index (χ3v) is 3.76. The first kappa shape index (κ1) is 17.2. The van der Waals surface area contributed by atoms with Gasteiger partial charge in [-0.05, 0) is 30.7 Å². The molecule has 0 aliphatic carbocycles. The van der Waals surface area contributed by atoms with Crippen LogP contribution in [0.1, 0.15) is 5.56 Å². The largest absolute Gasteiger partial charge is 0.495 e. The van der Waals surface area contributed by atoms with E-state index in [0.29, 0.717) is 11.4 Å². The molecule has 3 rings (SSSR count). The Kier molecular flexibility index (Phi) is 4.93. The van der Waals surface area contributed by atoms with Crippen molar-refractivity contribution in [3.05, 3.63) is 70.5 Å². The fraction of sp³-hybridized carbons (Fsp3) is 0.111. The minimum atomic E-state index is -0.516. The molecule has 132 valence electrons. The number of benzene rings is 2. The number of hydrogen-bond donors (Lipinski definition) is 2. The van der Waals surface area contributed by atoms with Gasteiger partial charge >= 0.3 is 5.69 Å². The van der Waals surface area contributed by atoms with Gasteiger partial charge in [-0.3, -0.25) is 10.1 Å². The zero-order valence-corrected chi connectivity index (χ0v) is 14.3. The van der Waals surface area contributed by atoms with Gasteiger partial charge < -0.3 is 15.4 Å². The van der Waals surface area contributed by atoms with Crippen molar-refractivity contribution in [2.75, 3.05) is 17.7 Å². The van der Waals surface area contributed by atoms with Gasteiger partial charge in [0.2, 0.25) is 11.6 Å². The van der Waals surface area contributed by atoms with E-state index in [2.05, 4.69) is 20.6 Å². The molecule has 0 bridgehead atoms. The van der Waals surface area contributed by atoms with E-state index in [1.165, 1.54) is 13.4 Å². The minimum Gasteiger partial charge on any atom is -0.495 e. The highest BCUT2D eigenvalue weighted by atomic mass is 16.6. The Bertz CT molecular complexity index is 946. The van der Waals surface area contributed by atoms with E-state index >= 15 is 0 Å². The molecule has 2 N–H and O–H groups in total. The van der Waals surface area contributed by atoms with Crippen LogP contribution in [-0.2, 0) is 0 Å². The molecule has 1 heterocycles. The number of nitrogens with one attached hydrogen (secondary N) is 2. The van der Waals surface area contributed by atoms with Crippen LogP contribution in [0.15, 0.2) is 54.9 Å². The topological polar surface area (TPSA) is 102 Å². The molecule has 0 aliphatic rings. The summed E-state index contributed by atoms with van der Waals surface area (Å²) in [5.41, 5.74) is 2.00. The van der Waals surface area contributed by atoms with Gasteiger partial charge in [-0.2, -0.15) is 0 Å². The highest BCUT2D eigenvalue weighted by molar-refractivity contribution is 5.78. The normalized spacial score (nSPS) is 10.2. The van der Waals surface area contributed by atoms with E-state index in [1.54, 1.807) is 18.2 Å². The zero-order valence-electron chi connectivity index (χ0n) is 14.3. The first-order valence-corrected chi connectivity index (χ1v) is 7.82. The molecule has 3 aromatic rings. The van der Waals surface area contributed by atoms with Gasteiger partial charge in [-0.15, -0.1) is 0 Å². The van der Waals surface area contributed by atoms with Crippen LogP contribution in [0.2, 0.25) is 0 Å². The van der Waals surface area contributed by atoms with Crippen molar-refractivity contribution >= 4 is 28.7 Å². The molecule has 0 amide bonds. The van der Waals surface area contributed by atoms with Crippen LogP contribution in [-0.4, -0.2) is 22.0 Å². The molecule has 0 spiro atoms. The molecule has 0 aliphatic heterocycles. The van der Waals surface area contributed by atoms with Crippen LogP contribution >= 0.6 is 0 Å². The predicted molar refractivity (Wildman–Crippen MR) is 99.4 cm³/mol. The Hall–Kier alpha value is -3.68. The van der Waals surface area contributed by atoms with E-state index in [-0.39, 0.29) is 17.3 Å². The molecule has 8 heteroatoms. The van der Waals surface area contributed by atoms with E-state index in [9.17, 15) is 10.1 Å². The van der Waals surface area contributed by atoms with Gasteiger partial charge in [-0.1, -0.05) is 30.3 Å². The van der Waals surface area contributed by atoms with Crippen molar-refractivity contribution < 1.29 is 9.66 Å². The van der Waals surface area contributed by atoms with Crippen LogP contribution in [0, 0.1) is 17.0 Å². The molecule has 0 unspecified atom stereocenters. The lowest BCUT2D eigenvalue weighted by atomic mass is 10.2. The van der Waals surface area contributed by atoms with Crippen LogP contribution in [0.3, 0.4) is 0 Å². The molecule has 0 radical (unpaired) electrons. The SMILES string of the molecule is COc1ccccc1Nc1ncnc(Nc2ccccc2C)c1[N+](=O)[O-]. The van der Waals surface area contributed by atoms with E-state index in [1.807, 2.05) is 37.3 Å². The first-order valence-electron chi connectivity index (χ1n) is 7.82. The van der Waals surface area contributed by atoms with Crippen LogP contribution in [0.4, 0.5) is 28.7 Å². The summed E-state index contributed by atoms with van der Waals surface area (Å²) >= 11 is 0. The first-order chi connectivity index (χ1) is 12.6. The molecule has 8 nitrogen and oxygen atoms in total. The molecule has 0 saturated heterocycles. The minimum absolute atomic E-state index is 0.0746. The van der Waals surface area contributed by atoms with Crippen molar-refractivity contribution in [2.24, 2.45) is 0 Å². The smallest absolute Gasteiger partial charge is 0.353 e. The van der Waals surface area contributed by atoms with Gasteiger partial charge in [0.05, 0.1) is 17.7 Å². The number of aromatic nitrogens is 2. The number of anilines is 4. The van der Waals surface area contributed by atoms with Gasteiger partial charge in [0, 0.05) is 5.69 Å². The third-order valence-electron chi connectivity index (χ3n) is 3.76. The molecule has 1 aromatic heterocycles. The maximum absolute atomic E-state index is 11.7. The van der Waals surface area contributed by atoms with Gasteiger partial charge in [0.1, 0.15) is 12.1 Å². The lowest BCUT2D eigenvalue weighted by molar-refractivity contribution is -0.383. The zero-order chi connectivity index (χ0) is 18.5. The number of hydrogen-bond acceptors (Lipinski definition) is 7. The summed E-state index contributed by atoms with van der Waals surface area (Å²) in [5.74, 6) is 0.733. The molecule has 0 fully saturated rings. The summed E-state index contributed by atoms with van der Waals surface area (Å²) in [7, 11) is 1.53. The fourth-order valence-corrected chi connectivity index (χ4v) is 2.45. The highest BCUT2D eigenvalue weighted by Crippen LogP contribution is 2.35. The number of nitro groups is 1. The number of ether oxygens (including phenoxy) is 1. The number of rotatable bonds is 6. The molecule has 26 heavy (non-hydrogen) atoms. The quantitative estimate of drug-likeness (QED) is 0.507. The van der Waals surface area contributed by atoms with E-state index < -0.39 is 4.92 Å². The lowest BCUT2D eigenvalue weighted by Crippen LogP contribution is -2.06. The van der Waals surface area contributed by atoms with E-state index in [4.69, 9.17) is 4.74 Å². The fourth-order valence-electron chi connectivity index (χ4n) is 2.45. The Morgan fingerprint density at radius 3 is 2.15 bits per heavy atom. The summed E-state index contributed by atoms with van der Waals surface area (Å²) < 4.78 is 5.27. The molecule has 2 aromatic carbocycles. The van der Waals surface area contributed by atoms with Crippen LogP contribution < -0.4 is 15.4 Å². The Morgan fingerprint density at radius 1 is 0.962 bits per heavy atom. The molecular formula is C18H17N5O3. The van der Waals surface area contributed by atoms with Gasteiger partial charge in [0.15, 0.2) is 0 Å². The second kappa shape index (κ2) is 7.47. The van der Waals surface area contributed by atoms with E-state index in [0.717, 1.165) is 11.3 Å². The standard InChI is InChI=1S/C18H17N5O3/c1-12-7-3-4-8-13(12)21-17-16(23(24)25)18(20-11-19-17)22-14-9-5-6-10-15(14)26-2/h3-11H,1-2H3,(H2,19,20,21,22). The summed E-state index contributed by atoms with van der Waals surface area (Å²) in [6, 6.07) is 14.6. The lowest BCUT2D eigenvalue weighted by Gasteiger charge is -2.13. The van der Waals surface area contributed by atoms with Gasteiger partial charge in [0.25, 0.3) is 0 Å². The average Bonchev–Trinajstić information content (AvgIpc) is 2.64. The van der Waals surface area contributed by atoms with Crippen molar-refractivity contribution in [2.45, 2.75) is 6.92 Å². The summed E-state index contributed by atoms with van der Waals surface area (Å²) in [4.78, 5) is 19.2. The van der Waals surface area contributed by atoms with Crippen molar-refractivity contribution in [1.82, 2.24) is 9.97 Å². The molecular weight excluding hydrogens is 334 g/mol. The highest BCUT2D eigenvalue weighted by Gasteiger charge is 2.24. The molecule has 0 saturated carbocycles. The third kappa shape index (κ3) is 3.54. The summed E-state index contributed by atoms with van der Waals surface area (Å²) in [5, 5.41) is 17.6. The maximum atomic E-state index is 11.7.